The maximum Gasteiger partial charge on any atom is 0.384 e. The summed E-state index contributed by atoms with van der Waals surface area (Å²) in [6.45, 7) is 0. The molecule has 82 valence electrons. The fourth-order valence-electron chi connectivity index (χ4n) is 1.95. The van der Waals surface area contributed by atoms with Gasteiger partial charge in [-0.15, -0.1) is 0 Å². The Labute approximate surface area is 94.8 Å². The lowest BCUT2D eigenvalue weighted by Crippen LogP contribution is -2.10. The van der Waals surface area contributed by atoms with E-state index < -0.39 is 5.97 Å². The first-order valence-electron chi connectivity index (χ1n) is 5.34. The SMILES string of the molecule is COC(=O)C#CC1CCCc2cccnc21. The predicted octanol–water partition coefficient (Wildman–Crippen LogP) is 1.68. The van der Waals surface area contributed by atoms with Crippen molar-refractivity contribution < 1.29 is 9.53 Å². The van der Waals surface area contributed by atoms with Gasteiger partial charge in [-0.1, -0.05) is 12.0 Å². The number of aromatic nitrogens is 1. The van der Waals surface area contributed by atoms with Gasteiger partial charge in [0.1, 0.15) is 0 Å². The second-order valence-electron chi connectivity index (χ2n) is 3.75. The van der Waals surface area contributed by atoms with Crippen LogP contribution in [0.1, 0.15) is 30.0 Å². The molecule has 1 aromatic rings. The van der Waals surface area contributed by atoms with Crippen LogP contribution < -0.4 is 0 Å². The number of methoxy groups -OCH3 is 1. The molecule has 1 unspecified atom stereocenters. The summed E-state index contributed by atoms with van der Waals surface area (Å²) < 4.78 is 4.50. The molecule has 3 nitrogen and oxygen atoms in total. The zero-order valence-corrected chi connectivity index (χ0v) is 9.19. The average Bonchev–Trinajstić information content (AvgIpc) is 2.35. The first-order valence-corrected chi connectivity index (χ1v) is 5.34. The molecule has 1 atom stereocenters. The highest BCUT2D eigenvalue weighted by atomic mass is 16.5. The highest BCUT2D eigenvalue weighted by Gasteiger charge is 2.19. The largest absolute Gasteiger partial charge is 0.459 e. The van der Waals surface area contributed by atoms with Crippen LogP contribution in [0, 0.1) is 11.8 Å². The molecule has 0 amide bonds. The molecule has 3 heteroatoms. The summed E-state index contributed by atoms with van der Waals surface area (Å²) in [6, 6.07) is 4.02. The molecule has 0 spiro atoms. The fourth-order valence-corrected chi connectivity index (χ4v) is 1.95. The van der Waals surface area contributed by atoms with Gasteiger partial charge in [0.25, 0.3) is 0 Å². The van der Waals surface area contributed by atoms with E-state index in [9.17, 15) is 4.79 Å². The topological polar surface area (TPSA) is 39.2 Å². The van der Waals surface area contributed by atoms with Crippen molar-refractivity contribution in [3.05, 3.63) is 29.6 Å². The Morgan fingerprint density at radius 2 is 2.50 bits per heavy atom. The van der Waals surface area contributed by atoms with Crippen LogP contribution in [0.4, 0.5) is 0 Å². The summed E-state index contributed by atoms with van der Waals surface area (Å²) in [5.41, 5.74) is 2.27. The van der Waals surface area contributed by atoms with Crippen LogP contribution in [0.15, 0.2) is 18.3 Å². The number of aryl methyl sites for hydroxylation is 1. The number of carbonyl (C=O) groups excluding carboxylic acids is 1. The van der Waals surface area contributed by atoms with Crippen molar-refractivity contribution >= 4 is 5.97 Å². The highest BCUT2D eigenvalue weighted by molar-refractivity contribution is 5.88. The van der Waals surface area contributed by atoms with E-state index in [0.717, 1.165) is 25.0 Å². The van der Waals surface area contributed by atoms with Gasteiger partial charge in [-0.25, -0.2) is 4.79 Å². The molecule has 2 rings (SSSR count). The molecule has 0 saturated heterocycles. The summed E-state index contributed by atoms with van der Waals surface area (Å²) >= 11 is 0. The normalized spacial score (nSPS) is 17.9. The van der Waals surface area contributed by atoms with Crippen molar-refractivity contribution in [2.45, 2.75) is 25.2 Å². The van der Waals surface area contributed by atoms with Gasteiger partial charge in [0.05, 0.1) is 18.7 Å². The van der Waals surface area contributed by atoms with E-state index in [2.05, 4.69) is 27.6 Å². The van der Waals surface area contributed by atoms with Crippen molar-refractivity contribution in [1.29, 1.82) is 0 Å². The Balaban J connectivity index is 2.24. The minimum Gasteiger partial charge on any atom is -0.459 e. The van der Waals surface area contributed by atoms with Gasteiger partial charge >= 0.3 is 5.97 Å². The Kier molecular flexibility index (Phi) is 3.21. The number of fused-ring (bicyclic) bond motifs is 1. The smallest absolute Gasteiger partial charge is 0.384 e. The number of esters is 1. The number of rotatable bonds is 0. The summed E-state index contributed by atoms with van der Waals surface area (Å²) in [5.74, 6) is 5.02. The van der Waals surface area contributed by atoms with Gasteiger partial charge in [0.15, 0.2) is 0 Å². The second kappa shape index (κ2) is 4.80. The Bertz CT molecular complexity index is 456. The van der Waals surface area contributed by atoms with Gasteiger partial charge in [0.2, 0.25) is 0 Å². The van der Waals surface area contributed by atoms with E-state index in [4.69, 9.17) is 0 Å². The van der Waals surface area contributed by atoms with E-state index >= 15 is 0 Å². The van der Waals surface area contributed by atoms with Crippen molar-refractivity contribution in [1.82, 2.24) is 4.98 Å². The monoisotopic (exact) mass is 215 g/mol. The third-order valence-electron chi connectivity index (χ3n) is 2.73. The zero-order chi connectivity index (χ0) is 11.4. The van der Waals surface area contributed by atoms with E-state index in [1.54, 1.807) is 6.20 Å². The summed E-state index contributed by atoms with van der Waals surface area (Å²) in [5, 5.41) is 0. The lowest BCUT2D eigenvalue weighted by molar-refractivity contribution is -0.133. The first-order chi connectivity index (χ1) is 7.81. The molecule has 1 aliphatic carbocycles. The van der Waals surface area contributed by atoms with Crippen LogP contribution in [0.5, 0.6) is 0 Å². The standard InChI is InChI=1S/C13H13NO2/c1-16-12(15)8-7-11-5-2-4-10-6-3-9-14-13(10)11/h3,6,9,11H,2,4-5H2,1H3. The van der Waals surface area contributed by atoms with Crippen LogP contribution in [-0.4, -0.2) is 18.1 Å². The summed E-state index contributed by atoms with van der Waals surface area (Å²) in [6.07, 6.45) is 4.89. The minimum atomic E-state index is -0.483. The number of hydrogen-bond donors (Lipinski definition) is 0. The van der Waals surface area contributed by atoms with Crippen LogP contribution >= 0.6 is 0 Å². The lowest BCUT2D eigenvalue weighted by Gasteiger charge is -2.19. The highest BCUT2D eigenvalue weighted by Crippen LogP contribution is 2.28. The van der Waals surface area contributed by atoms with Crippen molar-refractivity contribution in [3.63, 3.8) is 0 Å². The van der Waals surface area contributed by atoms with Gasteiger partial charge in [-0.2, -0.15) is 0 Å². The van der Waals surface area contributed by atoms with E-state index in [0.29, 0.717) is 0 Å². The van der Waals surface area contributed by atoms with E-state index in [1.807, 2.05) is 6.07 Å². The quantitative estimate of drug-likeness (QED) is 0.375. The second-order valence-corrected chi connectivity index (χ2v) is 3.75. The lowest BCUT2D eigenvalue weighted by atomic mass is 9.87. The Morgan fingerprint density at radius 1 is 1.62 bits per heavy atom. The first kappa shape index (κ1) is 10.7. The minimum absolute atomic E-state index is 0.0732. The van der Waals surface area contributed by atoms with Crippen LogP contribution in [-0.2, 0) is 16.0 Å². The van der Waals surface area contributed by atoms with Crippen LogP contribution in [0.2, 0.25) is 0 Å². The average molecular weight is 215 g/mol. The van der Waals surface area contributed by atoms with Crippen LogP contribution in [0.25, 0.3) is 0 Å². The maximum absolute atomic E-state index is 11.0. The molecule has 0 aliphatic heterocycles. The molecular weight excluding hydrogens is 202 g/mol. The number of pyridine rings is 1. The molecule has 0 fully saturated rings. The van der Waals surface area contributed by atoms with Crippen LogP contribution in [0.3, 0.4) is 0 Å². The van der Waals surface area contributed by atoms with Crippen molar-refractivity contribution in [2.24, 2.45) is 0 Å². The number of hydrogen-bond acceptors (Lipinski definition) is 3. The summed E-state index contributed by atoms with van der Waals surface area (Å²) in [7, 11) is 1.34. The van der Waals surface area contributed by atoms with Crippen molar-refractivity contribution in [2.75, 3.05) is 7.11 Å². The number of nitrogens with zero attached hydrogens (tertiary/aromatic N) is 1. The molecule has 1 aromatic heterocycles. The van der Waals surface area contributed by atoms with Gasteiger partial charge < -0.3 is 4.74 Å². The fraction of sp³-hybridized carbons (Fsp3) is 0.385. The van der Waals surface area contributed by atoms with Gasteiger partial charge in [-0.05, 0) is 30.9 Å². The Morgan fingerprint density at radius 3 is 3.31 bits per heavy atom. The predicted molar refractivity (Wildman–Crippen MR) is 59.7 cm³/mol. The maximum atomic E-state index is 11.0. The molecule has 0 aromatic carbocycles. The van der Waals surface area contributed by atoms with Crippen molar-refractivity contribution in [3.8, 4) is 11.8 Å². The van der Waals surface area contributed by atoms with Gasteiger partial charge in [-0.3, -0.25) is 4.98 Å². The third kappa shape index (κ3) is 2.22. The van der Waals surface area contributed by atoms with E-state index in [1.165, 1.54) is 12.7 Å². The molecule has 0 radical (unpaired) electrons. The van der Waals surface area contributed by atoms with E-state index in [-0.39, 0.29) is 5.92 Å². The number of ether oxygens (including phenoxy) is 1. The summed E-state index contributed by atoms with van der Waals surface area (Å²) in [4.78, 5) is 15.3. The Hall–Kier alpha value is -1.82. The molecular formula is C13H13NO2. The zero-order valence-electron chi connectivity index (χ0n) is 9.19. The molecule has 1 aliphatic rings. The molecule has 0 bridgehead atoms. The molecule has 0 saturated carbocycles. The third-order valence-corrected chi connectivity index (χ3v) is 2.73. The molecule has 16 heavy (non-hydrogen) atoms. The number of carbonyl (C=O) groups is 1. The molecule has 0 N–H and O–H groups in total. The van der Waals surface area contributed by atoms with Gasteiger partial charge in [0, 0.05) is 12.1 Å². The molecule has 1 heterocycles.